The molecule has 2 aromatic rings. The summed E-state index contributed by atoms with van der Waals surface area (Å²) in [7, 11) is 0. The number of piperazine rings is 1. The normalized spacial score (nSPS) is 15.2. The van der Waals surface area contributed by atoms with Crippen LogP contribution in [-0.2, 0) is 4.79 Å². The van der Waals surface area contributed by atoms with E-state index >= 15 is 0 Å². The number of anilines is 2. The number of amides is 1. The van der Waals surface area contributed by atoms with Crippen LogP contribution in [0.5, 0.6) is 0 Å². The quantitative estimate of drug-likeness (QED) is 0.864. The molecule has 1 fully saturated rings. The number of halogens is 2. The first-order valence-corrected chi connectivity index (χ1v) is 8.87. The molecule has 1 aliphatic rings. The van der Waals surface area contributed by atoms with E-state index in [9.17, 15) is 4.79 Å². The maximum atomic E-state index is 12.1. The zero-order valence-corrected chi connectivity index (χ0v) is 15.2. The highest BCUT2D eigenvalue weighted by Crippen LogP contribution is 2.29. The second-order valence-electron chi connectivity index (χ2n) is 5.78. The van der Waals surface area contributed by atoms with Crippen molar-refractivity contribution < 1.29 is 4.79 Å². The molecule has 0 aliphatic carbocycles. The smallest absolute Gasteiger partial charge is 0.225 e. The minimum atomic E-state index is -0.0713. The van der Waals surface area contributed by atoms with Gasteiger partial charge in [0.25, 0.3) is 0 Å². The molecule has 1 aliphatic heterocycles. The summed E-state index contributed by atoms with van der Waals surface area (Å²) < 4.78 is 0. The number of hydrogen-bond acceptors (Lipinski definition) is 5. The van der Waals surface area contributed by atoms with Crippen LogP contribution in [0, 0.1) is 0 Å². The fourth-order valence-corrected chi connectivity index (χ4v) is 3.05. The van der Waals surface area contributed by atoms with E-state index in [2.05, 4.69) is 25.1 Å². The van der Waals surface area contributed by atoms with Crippen LogP contribution in [-0.4, -0.2) is 53.5 Å². The average Bonchev–Trinajstić information content (AvgIpc) is 2.65. The van der Waals surface area contributed by atoms with Gasteiger partial charge in [-0.1, -0.05) is 29.3 Å². The second-order valence-corrected chi connectivity index (χ2v) is 6.56. The molecule has 1 saturated heterocycles. The number of aromatic nitrogens is 2. The molecule has 1 aromatic carbocycles. The highest BCUT2D eigenvalue weighted by molar-refractivity contribution is 6.43. The Balaban J connectivity index is 1.44. The summed E-state index contributed by atoms with van der Waals surface area (Å²) in [5.74, 6) is 0.688. The second kappa shape index (κ2) is 8.47. The predicted molar refractivity (Wildman–Crippen MR) is 100 cm³/mol. The van der Waals surface area contributed by atoms with Crippen molar-refractivity contribution in [3.8, 4) is 0 Å². The van der Waals surface area contributed by atoms with E-state index in [4.69, 9.17) is 23.2 Å². The van der Waals surface area contributed by atoms with Crippen LogP contribution in [0.4, 0.5) is 11.6 Å². The minimum Gasteiger partial charge on any atom is -0.338 e. The summed E-state index contributed by atoms with van der Waals surface area (Å²) in [4.78, 5) is 25.1. The zero-order chi connectivity index (χ0) is 17.6. The molecule has 1 amide bonds. The molecular weight excluding hydrogens is 361 g/mol. The summed E-state index contributed by atoms with van der Waals surface area (Å²) in [5.41, 5.74) is 0.546. The maximum Gasteiger partial charge on any atom is 0.225 e. The van der Waals surface area contributed by atoms with Crippen LogP contribution >= 0.6 is 23.2 Å². The zero-order valence-electron chi connectivity index (χ0n) is 13.7. The topological polar surface area (TPSA) is 61.4 Å². The van der Waals surface area contributed by atoms with E-state index in [0.717, 1.165) is 32.1 Å². The lowest BCUT2D eigenvalue weighted by molar-refractivity contribution is -0.116. The number of nitrogens with one attached hydrogen (secondary N) is 1. The van der Waals surface area contributed by atoms with Crippen molar-refractivity contribution in [1.29, 1.82) is 0 Å². The summed E-state index contributed by atoms with van der Waals surface area (Å²) in [6.45, 7) is 4.16. The average molecular weight is 380 g/mol. The van der Waals surface area contributed by atoms with Crippen molar-refractivity contribution in [1.82, 2.24) is 14.9 Å². The number of rotatable bonds is 5. The summed E-state index contributed by atoms with van der Waals surface area (Å²) in [6.07, 6.45) is 3.91. The SMILES string of the molecule is O=C(CCN1CCN(c2ncccn2)CC1)Nc1cccc(Cl)c1Cl. The Hall–Kier alpha value is -1.89. The molecule has 0 bridgehead atoms. The highest BCUT2D eigenvalue weighted by atomic mass is 35.5. The van der Waals surface area contributed by atoms with Gasteiger partial charge in [-0.05, 0) is 18.2 Å². The molecule has 132 valence electrons. The van der Waals surface area contributed by atoms with Crippen LogP contribution < -0.4 is 10.2 Å². The molecule has 8 heteroatoms. The van der Waals surface area contributed by atoms with Gasteiger partial charge >= 0.3 is 0 Å². The van der Waals surface area contributed by atoms with Crippen molar-refractivity contribution in [3.05, 3.63) is 46.7 Å². The Labute approximate surface area is 156 Å². The summed E-state index contributed by atoms with van der Waals surface area (Å²) >= 11 is 12.0. The van der Waals surface area contributed by atoms with Gasteiger partial charge in [0.1, 0.15) is 0 Å². The van der Waals surface area contributed by atoms with Gasteiger partial charge in [-0.25, -0.2) is 9.97 Å². The van der Waals surface area contributed by atoms with Crippen LogP contribution in [0.2, 0.25) is 10.0 Å². The fraction of sp³-hybridized carbons (Fsp3) is 0.353. The third kappa shape index (κ3) is 4.81. The van der Waals surface area contributed by atoms with Crippen molar-refractivity contribution in [2.24, 2.45) is 0 Å². The molecule has 1 N–H and O–H groups in total. The van der Waals surface area contributed by atoms with Gasteiger partial charge in [0.15, 0.2) is 0 Å². The highest BCUT2D eigenvalue weighted by Gasteiger charge is 2.19. The van der Waals surface area contributed by atoms with Gasteiger partial charge in [-0.2, -0.15) is 0 Å². The molecule has 0 unspecified atom stereocenters. The number of hydrogen-bond donors (Lipinski definition) is 1. The number of carbonyl (C=O) groups is 1. The predicted octanol–water partition coefficient (Wildman–Crippen LogP) is 2.93. The van der Waals surface area contributed by atoms with E-state index in [0.29, 0.717) is 28.7 Å². The van der Waals surface area contributed by atoms with E-state index in [1.165, 1.54) is 0 Å². The lowest BCUT2D eigenvalue weighted by Gasteiger charge is -2.34. The van der Waals surface area contributed by atoms with E-state index in [1.807, 2.05) is 6.07 Å². The standard InChI is InChI=1S/C17H19Cl2N5O/c18-13-3-1-4-14(16(13)19)22-15(25)5-8-23-9-11-24(12-10-23)17-20-6-2-7-21-17/h1-4,6-7H,5,8-12H2,(H,22,25). The van der Waals surface area contributed by atoms with Crippen molar-refractivity contribution in [3.63, 3.8) is 0 Å². The largest absolute Gasteiger partial charge is 0.338 e. The van der Waals surface area contributed by atoms with Gasteiger partial charge in [0.2, 0.25) is 11.9 Å². The van der Waals surface area contributed by atoms with Gasteiger partial charge in [0, 0.05) is 51.5 Å². The molecule has 0 saturated carbocycles. The molecule has 6 nitrogen and oxygen atoms in total. The Kier molecular flexibility index (Phi) is 6.07. The first kappa shape index (κ1) is 17.9. The van der Waals surface area contributed by atoms with Gasteiger partial charge in [-0.15, -0.1) is 0 Å². The first-order chi connectivity index (χ1) is 12.1. The maximum absolute atomic E-state index is 12.1. The lowest BCUT2D eigenvalue weighted by Crippen LogP contribution is -2.47. The molecule has 3 rings (SSSR count). The molecule has 1 aromatic heterocycles. The van der Waals surface area contributed by atoms with Gasteiger partial charge in [0.05, 0.1) is 15.7 Å². The van der Waals surface area contributed by atoms with E-state index in [1.54, 1.807) is 30.6 Å². The number of nitrogens with zero attached hydrogens (tertiary/aromatic N) is 4. The fourth-order valence-electron chi connectivity index (χ4n) is 2.70. The molecule has 0 spiro atoms. The molecular formula is C17H19Cl2N5O. The summed E-state index contributed by atoms with van der Waals surface area (Å²) in [5, 5.41) is 3.61. The third-order valence-electron chi connectivity index (χ3n) is 4.09. The van der Waals surface area contributed by atoms with Gasteiger partial charge in [-0.3, -0.25) is 9.69 Å². The van der Waals surface area contributed by atoms with Crippen LogP contribution in [0.1, 0.15) is 6.42 Å². The minimum absolute atomic E-state index is 0.0713. The molecule has 2 heterocycles. The lowest BCUT2D eigenvalue weighted by atomic mass is 10.2. The van der Waals surface area contributed by atoms with Crippen molar-refractivity contribution in [2.75, 3.05) is 42.9 Å². The first-order valence-electron chi connectivity index (χ1n) is 8.11. The summed E-state index contributed by atoms with van der Waals surface area (Å²) in [6, 6.07) is 7.00. The van der Waals surface area contributed by atoms with Crippen molar-refractivity contribution >= 4 is 40.7 Å². The van der Waals surface area contributed by atoms with Gasteiger partial charge < -0.3 is 10.2 Å². The van der Waals surface area contributed by atoms with Crippen molar-refractivity contribution in [2.45, 2.75) is 6.42 Å². The molecule has 0 atom stereocenters. The van der Waals surface area contributed by atoms with Crippen LogP contribution in [0.15, 0.2) is 36.7 Å². The Morgan fingerprint density at radius 2 is 1.80 bits per heavy atom. The van der Waals surface area contributed by atoms with Crippen LogP contribution in [0.3, 0.4) is 0 Å². The van der Waals surface area contributed by atoms with E-state index in [-0.39, 0.29) is 5.91 Å². The number of benzene rings is 1. The van der Waals surface area contributed by atoms with E-state index < -0.39 is 0 Å². The molecule has 0 radical (unpaired) electrons. The number of carbonyl (C=O) groups excluding carboxylic acids is 1. The third-order valence-corrected chi connectivity index (χ3v) is 4.91. The van der Waals surface area contributed by atoms with Crippen LogP contribution in [0.25, 0.3) is 0 Å². The monoisotopic (exact) mass is 379 g/mol. The Morgan fingerprint density at radius 1 is 1.08 bits per heavy atom. The Bertz CT molecular complexity index is 720. The molecule has 25 heavy (non-hydrogen) atoms. The Morgan fingerprint density at radius 3 is 2.52 bits per heavy atom.